The molecule has 2 aliphatic carbocycles. The highest BCUT2D eigenvalue weighted by atomic mass is 16.2. The predicted molar refractivity (Wildman–Crippen MR) is 116 cm³/mol. The molecule has 148 valence electrons. The number of rotatable bonds is 6. The summed E-state index contributed by atoms with van der Waals surface area (Å²) in [6, 6.07) is 13.9. The molecule has 0 saturated heterocycles. The molecule has 3 aromatic rings. The molecule has 5 rings (SSSR count). The van der Waals surface area contributed by atoms with Crippen LogP contribution in [-0.2, 0) is 11.3 Å². The molecule has 0 aliphatic heterocycles. The van der Waals surface area contributed by atoms with E-state index in [1.165, 1.54) is 29.5 Å². The van der Waals surface area contributed by atoms with Gasteiger partial charge in [0.2, 0.25) is 5.91 Å². The fraction of sp³-hybridized carbons (Fsp3) is 0.375. The molecule has 1 N–H and O–H groups in total. The minimum absolute atomic E-state index is 0.161. The van der Waals surface area contributed by atoms with E-state index < -0.39 is 0 Å². The Balaban J connectivity index is 1.50. The van der Waals surface area contributed by atoms with E-state index in [1.807, 2.05) is 4.90 Å². The average Bonchev–Trinajstić information content (AvgIpc) is 3.60. The summed E-state index contributed by atoms with van der Waals surface area (Å²) in [4.78, 5) is 23.0. The van der Waals surface area contributed by atoms with Crippen LogP contribution in [0.2, 0.25) is 0 Å². The van der Waals surface area contributed by atoms with Gasteiger partial charge in [-0.05, 0) is 67.5 Å². The zero-order valence-electron chi connectivity index (χ0n) is 17.0. The Labute approximate surface area is 171 Å². The van der Waals surface area contributed by atoms with Crippen molar-refractivity contribution in [2.75, 3.05) is 5.32 Å². The van der Waals surface area contributed by atoms with Crippen molar-refractivity contribution in [2.24, 2.45) is 0 Å². The van der Waals surface area contributed by atoms with Crippen LogP contribution < -0.4 is 5.32 Å². The van der Waals surface area contributed by atoms with Crippen molar-refractivity contribution >= 4 is 22.6 Å². The second-order valence-corrected chi connectivity index (χ2v) is 8.46. The number of aryl methyl sites for hydroxylation is 1. The number of benzene rings is 2. The Hall–Kier alpha value is -2.95. The first-order chi connectivity index (χ1) is 14.1. The van der Waals surface area contributed by atoms with Crippen molar-refractivity contribution in [3.8, 4) is 11.1 Å². The van der Waals surface area contributed by atoms with Crippen LogP contribution in [0.5, 0.6) is 0 Å². The predicted octanol–water partition coefficient (Wildman–Crippen LogP) is 4.69. The fourth-order valence-corrected chi connectivity index (χ4v) is 3.97. The third-order valence-electron chi connectivity index (χ3n) is 5.77. The van der Waals surface area contributed by atoms with Gasteiger partial charge in [0.15, 0.2) is 0 Å². The number of hydrogen-bond acceptors (Lipinski definition) is 4. The van der Waals surface area contributed by atoms with E-state index in [4.69, 9.17) is 0 Å². The lowest BCUT2D eigenvalue weighted by Crippen LogP contribution is -2.30. The molecular weight excluding hydrogens is 360 g/mol. The molecule has 0 radical (unpaired) electrons. The summed E-state index contributed by atoms with van der Waals surface area (Å²) in [5, 5.41) is 4.58. The first-order valence-corrected chi connectivity index (χ1v) is 10.5. The number of amides is 1. The maximum absolute atomic E-state index is 12.1. The van der Waals surface area contributed by atoms with Crippen molar-refractivity contribution in [2.45, 2.75) is 58.2 Å². The summed E-state index contributed by atoms with van der Waals surface area (Å²) < 4.78 is 0. The SMILES string of the molecule is CC(=O)N(Cc1cc(C)cc(-c2ccc3ncnc(NC4CC4)c3c2)c1)C1CC1. The normalized spacial score (nSPS) is 16.1. The Morgan fingerprint density at radius 1 is 1.07 bits per heavy atom. The fourth-order valence-electron chi connectivity index (χ4n) is 3.97. The monoisotopic (exact) mass is 386 g/mol. The van der Waals surface area contributed by atoms with Crippen molar-refractivity contribution in [1.29, 1.82) is 0 Å². The van der Waals surface area contributed by atoms with Crippen molar-refractivity contribution < 1.29 is 4.79 Å². The largest absolute Gasteiger partial charge is 0.367 e. The number of anilines is 1. The lowest BCUT2D eigenvalue weighted by Gasteiger charge is -2.21. The molecule has 2 aliphatic rings. The van der Waals surface area contributed by atoms with Crippen LogP contribution >= 0.6 is 0 Å². The number of nitrogens with one attached hydrogen (secondary N) is 1. The molecule has 1 amide bonds. The molecule has 0 atom stereocenters. The minimum atomic E-state index is 0.161. The molecule has 5 nitrogen and oxygen atoms in total. The number of nitrogens with zero attached hydrogens (tertiary/aromatic N) is 3. The number of carbonyl (C=O) groups is 1. The smallest absolute Gasteiger partial charge is 0.219 e. The third kappa shape index (κ3) is 3.95. The lowest BCUT2D eigenvalue weighted by molar-refractivity contribution is -0.130. The molecule has 2 fully saturated rings. The number of hydrogen-bond donors (Lipinski definition) is 1. The molecule has 1 aromatic heterocycles. The first-order valence-electron chi connectivity index (χ1n) is 10.5. The summed E-state index contributed by atoms with van der Waals surface area (Å²) in [5.74, 6) is 1.08. The summed E-state index contributed by atoms with van der Waals surface area (Å²) in [7, 11) is 0. The summed E-state index contributed by atoms with van der Waals surface area (Å²) in [6.45, 7) is 4.47. The Bertz CT molecular complexity index is 1090. The van der Waals surface area contributed by atoms with Crippen LogP contribution in [0, 0.1) is 6.92 Å². The molecule has 0 spiro atoms. The summed E-state index contributed by atoms with van der Waals surface area (Å²) in [6.07, 6.45) is 6.30. The van der Waals surface area contributed by atoms with E-state index in [0.29, 0.717) is 18.6 Å². The van der Waals surface area contributed by atoms with E-state index in [1.54, 1.807) is 13.3 Å². The number of carbonyl (C=O) groups excluding carboxylic acids is 1. The van der Waals surface area contributed by atoms with Crippen LogP contribution in [0.25, 0.3) is 22.0 Å². The second-order valence-electron chi connectivity index (χ2n) is 8.46. The quantitative estimate of drug-likeness (QED) is 0.668. The van der Waals surface area contributed by atoms with Gasteiger partial charge in [-0.2, -0.15) is 0 Å². The molecule has 5 heteroatoms. The maximum atomic E-state index is 12.1. The van der Waals surface area contributed by atoms with Gasteiger partial charge in [0.05, 0.1) is 5.52 Å². The highest BCUT2D eigenvalue weighted by molar-refractivity contribution is 5.92. The lowest BCUT2D eigenvalue weighted by atomic mass is 9.98. The minimum Gasteiger partial charge on any atom is -0.367 e. The van der Waals surface area contributed by atoms with Gasteiger partial charge in [-0.1, -0.05) is 23.8 Å². The van der Waals surface area contributed by atoms with E-state index in [-0.39, 0.29) is 5.91 Å². The van der Waals surface area contributed by atoms with Crippen LogP contribution in [0.1, 0.15) is 43.7 Å². The number of fused-ring (bicyclic) bond motifs is 1. The van der Waals surface area contributed by atoms with Gasteiger partial charge in [-0.3, -0.25) is 4.79 Å². The van der Waals surface area contributed by atoms with Crippen LogP contribution in [-0.4, -0.2) is 32.9 Å². The Morgan fingerprint density at radius 2 is 1.90 bits per heavy atom. The van der Waals surface area contributed by atoms with E-state index >= 15 is 0 Å². The Kier molecular flexibility index (Phi) is 4.46. The van der Waals surface area contributed by atoms with Crippen molar-refractivity contribution in [3.63, 3.8) is 0 Å². The molecule has 2 saturated carbocycles. The second kappa shape index (κ2) is 7.14. The highest BCUT2D eigenvalue weighted by Crippen LogP contribution is 2.32. The number of aromatic nitrogens is 2. The summed E-state index contributed by atoms with van der Waals surface area (Å²) >= 11 is 0. The molecule has 29 heavy (non-hydrogen) atoms. The zero-order valence-corrected chi connectivity index (χ0v) is 17.0. The van der Waals surface area contributed by atoms with Gasteiger partial charge in [-0.25, -0.2) is 9.97 Å². The van der Waals surface area contributed by atoms with Crippen LogP contribution in [0.15, 0.2) is 42.7 Å². The Morgan fingerprint density at radius 3 is 2.62 bits per heavy atom. The van der Waals surface area contributed by atoms with Gasteiger partial charge in [0, 0.05) is 30.9 Å². The van der Waals surface area contributed by atoms with Gasteiger partial charge >= 0.3 is 0 Å². The van der Waals surface area contributed by atoms with Gasteiger partial charge in [0.1, 0.15) is 12.1 Å². The first kappa shape index (κ1) is 18.1. The van der Waals surface area contributed by atoms with Gasteiger partial charge < -0.3 is 10.2 Å². The molecule has 0 bridgehead atoms. The standard InChI is InChI=1S/C24H26N4O/c1-15-9-17(13-28(16(2)29)21-6-7-21)11-19(10-15)18-3-8-23-22(12-18)24(26-14-25-23)27-20-4-5-20/h3,8-12,14,20-21H,4-7,13H2,1-2H3,(H,25,26,27). The van der Waals surface area contributed by atoms with E-state index in [2.05, 4.69) is 58.6 Å². The van der Waals surface area contributed by atoms with Crippen molar-refractivity contribution in [3.05, 3.63) is 53.9 Å². The van der Waals surface area contributed by atoms with Gasteiger partial charge in [0.25, 0.3) is 0 Å². The average molecular weight is 386 g/mol. The van der Waals surface area contributed by atoms with Gasteiger partial charge in [-0.15, -0.1) is 0 Å². The molecule has 2 aromatic carbocycles. The van der Waals surface area contributed by atoms with Crippen molar-refractivity contribution in [1.82, 2.24) is 14.9 Å². The van der Waals surface area contributed by atoms with E-state index in [0.717, 1.165) is 35.1 Å². The maximum Gasteiger partial charge on any atom is 0.219 e. The molecule has 0 unspecified atom stereocenters. The highest BCUT2D eigenvalue weighted by Gasteiger charge is 2.30. The summed E-state index contributed by atoms with van der Waals surface area (Å²) in [5.41, 5.74) is 5.66. The topological polar surface area (TPSA) is 58.1 Å². The van der Waals surface area contributed by atoms with E-state index in [9.17, 15) is 4.79 Å². The molecule has 1 heterocycles. The zero-order chi connectivity index (χ0) is 20.0. The van der Waals surface area contributed by atoms with Crippen LogP contribution in [0.3, 0.4) is 0 Å². The van der Waals surface area contributed by atoms with Crippen LogP contribution in [0.4, 0.5) is 5.82 Å². The molecular formula is C24H26N4O. The third-order valence-corrected chi connectivity index (χ3v) is 5.77.